The van der Waals surface area contributed by atoms with E-state index in [1.807, 2.05) is 27.7 Å². The summed E-state index contributed by atoms with van der Waals surface area (Å²) in [7, 11) is 3.32. The number of hydrogen-bond acceptors (Lipinski definition) is 4. The van der Waals surface area contributed by atoms with Gasteiger partial charge in [0.15, 0.2) is 0 Å². The predicted molar refractivity (Wildman–Crippen MR) is 90.8 cm³/mol. The highest BCUT2D eigenvalue weighted by atomic mass is 16.5. The van der Waals surface area contributed by atoms with Crippen LogP contribution in [0.4, 0.5) is 9.59 Å². The fraction of sp³-hybridized carbons (Fsp3) is 0.647. The van der Waals surface area contributed by atoms with Crippen LogP contribution in [0.1, 0.15) is 34.1 Å². The Morgan fingerprint density at radius 3 is 1.48 bits per heavy atom. The summed E-state index contributed by atoms with van der Waals surface area (Å²) in [6, 6.07) is 0. The van der Waals surface area contributed by atoms with E-state index in [1.165, 1.54) is 22.3 Å². The number of allylic oxidation sites excluding steroid dienone is 2. The Bertz CT molecular complexity index is 379. The second-order valence-electron chi connectivity index (χ2n) is 6.11. The van der Waals surface area contributed by atoms with Crippen molar-refractivity contribution in [3.63, 3.8) is 0 Å². The molecular formula is C17H30N2O4. The first-order valence-electron chi connectivity index (χ1n) is 7.90. The van der Waals surface area contributed by atoms with Crippen LogP contribution in [0.5, 0.6) is 0 Å². The molecule has 6 nitrogen and oxygen atoms in total. The number of amides is 2. The Morgan fingerprint density at radius 2 is 1.17 bits per heavy atom. The van der Waals surface area contributed by atoms with Gasteiger partial charge >= 0.3 is 12.2 Å². The number of ether oxygens (including phenoxy) is 2. The van der Waals surface area contributed by atoms with Crippen LogP contribution >= 0.6 is 0 Å². The topological polar surface area (TPSA) is 59.1 Å². The molecule has 0 aromatic heterocycles. The molecule has 23 heavy (non-hydrogen) atoms. The van der Waals surface area contributed by atoms with Crippen LogP contribution in [0.15, 0.2) is 24.7 Å². The first kappa shape index (κ1) is 21.0. The molecule has 0 aromatic rings. The van der Waals surface area contributed by atoms with Crippen molar-refractivity contribution < 1.29 is 19.1 Å². The summed E-state index contributed by atoms with van der Waals surface area (Å²) in [5.74, 6) is 0.662. The summed E-state index contributed by atoms with van der Waals surface area (Å²) in [4.78, 5) is 26.3. The lowest BCUT2D eigenvalue weighted by molar-refractivity contribution is 0.138. The van der Waals surface area contributed by atoms with E-state index >= 15 is 0 Å². The quantitative estimate of drug-likeness (QED) is 0.636. The van der Waals surface area contributed by atoms with E-state index in [2.05, 4.69) is 0 Å². The van der Waals surface area contributed by atoms with Gasteiger partial charge in [0.05, 0.1) is 12.5 Å². The monoisotopic (exact) mass is 326 g/mol. The van der Waals surface area contributed by atoms with Crippen LogP contribution in [0.2, 0.25) is 0 Å². The van der Waals surface area contributed by atoms with Crippen molar-refractivity contribution in [2.75, 3.05) is 27.2 Å². The van der Waals surface area contributed by atoms with Crippen LogP contribution in [-0.2, 0) is 9.47 Å². The second-order valence-corrected chi connectivity index (χ2v) is 6.11. The number of rotatable bonds is 8. The molecule has 0 unspecified atom stereocenters. The molecule has 0 aliphatic heterocycles. The Balaban J connectivity index is 3.99. The molecule has 0 bridgehead atoms. The zero-order valence-electron chi connectivity index (χ0n) is 15.1. The van der Waals surface area contributed by atoms with Crippen molar-refractivity contribution in [1.82, 2.24) is 9.80 Å². The van der Waals surface area contributed by atoms with Gasteiger partial charge in [0, 0.05) is 27.2 Å². The van der Waals surface area contributed by atoms with Crippen molar-refractivity contribution in [2.45, 2.75) is 34.1 Å². The molecule has 0 fully saturated rings. The van der Waals surface area contributed by atoms with E-state index in [1.54, 1.807) is 26.2 Å². The summed E-state index contributed by atoms with van der Waals surface area (Å²) < 4.78 is 9.97. The molecule has 0 aliphatic rings. The average molecular weight is 326 g/mol. The fourth-order valence-electron chi connectivity index (χ4n) is 1.42. The van der Waals surface area contributed by atoms with Gasteiger partial charge in [-0.15, -0.1) is 0 Å². The SMILES string of the molecule is CC(C)C=COC(=O)N(C)CCCN(C)C(=O)OC=CC(C)C. The largest absolute Gasteiger partial charge is 0.419 e. The first-order chi connectivity index (χ1) is 10.7. The first-order valence-corrected chi connectivity index (χ1v) is 7.90. The van der Waals surface area contributed by atoms with Gasteiger partial charge in [-0.05, 0) is 30.4 Å². The Kier molecular flexibility index (Phi) is 10.6. The molecule has 0 saturated heterocycles. The van der Waals surface area contributed by atoms with E-state index in [0.29, 0.717) is 31.3 Å². The van der Waals surface area contributed by atoms with Gasteiger partial charge < -0.3 is 19.3 Å². The van der Waals surface area contributed by atoms with Gasteiger partial charge in [0.25, 0.3) is 0 Å². The molecule has 0 N–H and O–H groups in total. The minimum Gasteiger partial charge on any atom is -0.419 e. The van der Waals surface area contributed by atoms with Gasteiger partial charge in [-0.25, -0.2) is 9.59 Å². The number of nitrogens with zero attached hydrogens (tertiary/aromatic N) is 2. The summed E-state index contributed by atoms with van der Waals surface area (Å²) in [5.41, 5.74) is 0. The standard InChI is InChI=1S/C17H30N2O4/c1-14(2)8-12-22-16(20)18(5)10-7-11-19(6)17(21)23-13-9-15(3)4/h8-9,12-15H,7,10-11H2,1-6H3. The minimum absolute atomic E-state index is 0.331. The average Bonchev–Trinajstić information content (AvgIpc) is 2.45. The summed E-state index contributed by atoms with van der Waals surface area (Å²) in [6.45, 7) is 8.99. The molecule has 0 aliphatic carbocycles. The zero-order valence-corrected chi connectivity index (χ0v) is 15.1. The highest BCUT2D eigenvalue weighted by Crippen LogP contribution is 2.00. The molecule has 2 amide bonds. The highest BCUT2D eigenvalue weighted by molar-refractivity contribution is 5.68. The minimum atomic E-state index is -0.410. The van der Waals surface area contributed by atoms with Crippen molar-refractivity contribution in [3.8, 4) is 0 Å². The maximum absolute atomic E-state index is 11.7. The molecule has 0 saturated carbocycles. The lowest BCUT2D eigenvalue weighted by atomic mass is 10.2. The third-order valence-corrected chi connectivity index (χ3v) is 2.88. The number of hydrogen-bond donors (Lipinski definition) is 0. The van der Waals surface area contributed by atoms with Crippen molar-refractivity contribution in [2.24, 2.45) is 11.8 Å². The maximum atomic E-state index is 11.7. The van der Waals surface area contributed by atoms with Crippen LogP contribution in [0.3, 0.4) is 0 Å². The molecule has 132 valence electrons. The fourth-order valence-corrected chi connectivity index (χ4v) is 1.42. The molecule has 0 radical (unpaired) electrons. The Labute approximate surface area is 139 Å². The normalized spacial score (nSPS) is 11.5. The highest BCUT2D eigenvalue weighted by Gasteiger charge is 2.11. The summed E-state index contributed by atoms with van der Waals surface area (Å²) >= 11 is 0. The van der Waals surface area contributed by atoms with E-state index in [9.17, 15) is 9.59 Å². The maximum Gasteiger partial charge on any atom is 0.414 e. The van der Waals surface area contributed by atoms with Crippen molar-refractivity contribution in [3.05, 3.63) is 24.7 Å². The van der Waals surface area contributed by atoms with E-state index in [-0.39, 0.29) is 0 Å². The smallest absolute Gasteiger partial charge is 0.414 e. The number of carbonyl (C=O) groups excluding carboxylic acids is 2. The predicted octanol–water partition coefficient (Wildman–Crippen LogP) is 3.85. The van der Waals surface area contributed by atoms with Gasteiger partial charge in [-0.2, -0.15) is 0 Å². The van der Waals surface area contributed by atoms with Crippen molar-refractivity contribution >= 4 is 12.2 Å². The summed E-state index contributed by atoms with van der Waals surface area (Å²) in [5, 5.41) is 0. The van der Waals surface area contributed by atoms with Crippen molar-refractivity contribution in [1.29, 1.82) is 0 Å². The van der Waals surface area contributed by atoms with Gasteiger partial charge in [0.2, 0.25) is 0 Å². The third-order valence-electron chi connectivity index (χ3n) is 2.88. The van der Waals surface area contributed by atoms with Gasteiger partial charge in [-0.1, -0.05) is 27.7 Å². The van der Waals surface area contributed by atoms with Crippen LogP contribution in [0.25, 0.3) is 0 Å². The van der Waals surface area contributed by atoms with Crippen LogP contribution < -0.4 is 0 Å². The molecule has 0 aromatic carbocycles. The molecule has 0 spiro atoms. The van der Waals surface area contributed by atoms with E-state index < -0.39 is 12.2 Å². The number of carbonyl (C=O) groups is 2. The molecule has 0 heterocycles. The van der Waals surface area contributed by atoms with E-state index in [0.717, 1.165) is 0 Å². The Morgan fingerprint density at radius 1 is 0.826 bits per heavy atom. The summed E-state index contributed by atoms with van der Waals surface area (Å²) in [6.07, 6.45) is 6.25. The second kappa shape index (κ2) is 11.6. The lowest BCUT2D eigenvalue weighted by Crippen LogP contribution is -2.32. The molecule has 6 heteroatoms. The Hall–Kier alpha value is -1.98. The van der Waals surface area contributed by atoms with Gasteiger partial charge in [-0.3, -0.25) is 0 Å². The van der Waals surface area contributed by atoms with E-state index in [4.69, 9.17) is 9.47 Å². The third kappa shape index (κ3) is 11.3. The van der Waals surface area contributed by atoms with Crippen LogP contribution in [0, 0.1) is 11.8 Å². The zero-order chi connectivity index (χ0) is 17.8. The molecule has 0 atom stereocenters. The molecular weight excluding hydrogens is 296 g/mol. The van der Waals surface area contributed by atoms with Crippen LogP contribution in [-0.4, -0.2) is 49.2 Å². The van der Waals surface area contributed by atoms with Gasteiger partial charge in [0.1, 0.15) is 0 Å². The lowest BCUT2D eigenvalue weighted by Gasteiger charge is -2.19. The molecule has 0 rings (SSSR count).